The van der Waals surface area contributed by atoms with Crippen LogP contribution in [0.25, 0.3) is 0 Å². The van der Waals surface area contributed by atoms with Gasteiger partial charge in [0.25, 0.3) is 0 Å². The SMILES string of the molecule is COc1ccc(Cl)cc1C(Cl)c1cc(Br)c(F)cc1OC. The first-order valence-corrected chi connectivity index (χ1v) is 7.59. The minimum atomic E-state index is -0.592. The molecule has 0 N–H and O–H groups in total. The molecule has 0 saturated carbocycles. The molecule has 1 atom stereocenters. The predicted octanol–water partition coefficient (Wildman–Crippen LogP) is 5.59. The van der Waals surface area contributed by atoms with Gasteiger partial charge in [0.1, 0.15) is 17.3 Å². The smallest absolute Gasteiger partial charge is 0.141 e. The summed E-state index contributed by atoms with van der Waals surface area (Å²) in [5.74, 6) is 0.539. The molecule has 21 heavy (non-hydrogen) atoms. The molecule has 0 aliphatic carbocycles. The zero-order chi connectivity index (χ0) is 15.6. The van der Waals surface area contributed by atoms with Crippen LogP contribution in [0.2, 0.25) is 5.02 Å². The second-order valence-electron chi connectivity index (χ2n) is 4.26. The maximum Gasteiger partial charge on any atom is 0.141 e. The summed E-state index contributed by atoms with van der Waals surface area (Å²) in [4.78, 5) is 0. The van der Waals surface area contributed by atoms with Gasteiger partial charge in [0.15, 0.2) is 0 Å². The molecule has 2 nitrogen and oxygen atoms in total. The van der Waals surface area contributed by atoms with Gasteiger partial charge >= 0.3 is 0 Å². The van der Waals surface area contributed by atoms with Gasteiger partial charge in [0.05, 0.1) is 24.1 Å². The minimum Gasteiger partial charge on any atom is -0.496 e. The van der Waals surface area contributed by atoms with Crippen LogP contribution in [0.5, 0.6) is 11.5 Å². The maximum atomic E-state index is 13.6. The van der Waals surface area contributed by atoms with Crippen LogP contribution in [0.15, 0.2) is 34.8 Å². The number of ether oxygens (including phenoxy) is 2. The molecule has 0 fully saturated rings. The predicted molar refractivity (Wildman–Crippen MR) is 86.4 cm³/mol. The van der Waals surface area contributed by atoms with Gasteiger partial charge in [-0.3, -0.25) is 0 Å². The average Bonchev–Trinajstić information content (AvgIpc) is 2.48. The fraction of sp³-hybridized carbons (Fsp3) is 0.200. The van der Waals surface area contributed by atoms with Crippen molar-refractivity contribution >= 4 is 39.1 Å². The Labute approximate surface area is 140 Å². The van der Waals surface area contributed by atoms with Crippen LogP contribution in [-0.4, -0.2) is 14.2 Å². The summed E-state index contributed by atoms with van der Waals surface area (Å²) in [6.45, 7) is 0. The van der Waals surface area contributed by atoms with Crippen molar-refractivity contribution in [3.8, 4) is 11.5 Å². The molecule has 0 radical (unpaired) electrons. The van der Waals surface area contributed by atoms with E-state index in [-0.39, 0.29) is 0 Å². The maximum absolute atomic E-state index is 13.6. The van der Waals surface area contributed by atoms with Crippen molar-refractivity contribution in [3.63, 3.8) is 0 Å². The Morgan fingerprint density at radius 2 is 1.67 bits per heavy atom. The lowest BCUT2D eigenvalue weighted by atomic mass is 10.0. The Morgan fingerprint density at radius 1 is 1.05 bits per heavy atom. The fourth-order valence-electron chi connectivity index (χ4n) is 1.99. The number of hydrogen-bond donors (Lipinski definition) is 0. The van der Waals surface area contributed by atoms with Gasteiger partial charge in [-0.2, -0.15) is 0 Å². The van der Waals surface area contributed by atoms with Crippen molar-refractivity contribution < 1.29 is 13.9 Å². The summed E-state index contributed by atoms with van der Waals surface area (Å²) in [5, 5.41) is -0.0536. The number of alkyl halides is 1. The van der Waals surface area contributed by atoms with Crippen LogP contribution < -0.4 is 9.47 Å². The highest BCUT2D eigenvalue weighted by Gasteiger charge is 2.21. The van der Waals surface area contributed by atoms with Gasteiger partial charge in [0.2, 0.25) is 0 Å². The lowest BCUT2D eigenvalue weighted by Crippen LogP contribution is -2.01. The molecule has 2 aromatic rings. The molecule has 0 spiro atoms. The second kappa shape index (κ2) is 6.86. The Morgan fingerprint density at radius 3 is 2.29 bits per heavy atom. The van der Waals surface area contributed by atoms with E-state index in [1.165, 1.54) is 13.2 Å². The fourth-order valence-corrected chi connectivity index (χ4v) is 2.87. The van der Waals surface area contributed by atoms with E-state index in [1.807, 2.05) is 0 Å². The first-order chi connectivity index (χ1) is 9.97. The summed E-state index contributed by atoms with van der Waals surface area (Å²) in [6, 6.07) is 8.04. The van der Waals surface area contributed by atoms with Gasteiger partial charge in [-0.15, -0.1) is 11.6 Å². The molecule has 2 aromatic carbocycles. The van der Waals surface area contributed by atoms with E-state index in [1.54, 1.807) is 31.4 Å². The zero-order valence-corrected chi connectivity index (χ0v) is 14.4. The molecule has 0 aliphatic heterocycles. The quantitative estimate of drug-likeness (QED) is 0.630. The van der Waals surface area contributed by atoms with Gasteiger partial charge < -0.3 is 9.47 Å². The Bertz CT molecular complexity index is 664. The number of hydrogen-bond acceptors (Lipinski definition) is 2. The van der Waals surface area contributed by atoms with Crippen molar-refractivity contribution in [3.05, 3.63) is 56.8 Å². The largest absolute Gasteiger partial charge is 0.496 e. The molecular formula is C15H12BrCl2FO2. The number of halogens is 4. The molecule has 0 saturated heterocycles. The molecular weight excluding hydrogens is 382 g/mol. The minimum absolute atomic E-state index is 0.310. The molecule has 0 aromatic heterocycles. The third-order valence-corrected chi connectivity index (χ3v) is 4.32. The Hall–Kier alpha value is -0.970. The van der Waals surface area contributed by atoms with E-state index in [4.69, 9.17) is 32.7 Å². The molecule has 0 heterocycles. The van der Waals surface area contributed by atoms with Crippen molar-refractivity contribution in [1.82, 2.24) is 0 Å². The highest BCUT2D eigenvalue weighted by molar-refractivity contribution is 9.10. The lowest BCUT2D eigenvalue weighted by Gasteiger charge is -2.18. The number of methoxy groups -OCH3 is 2. The lowest BCUT2D eigenvalue weighted by molar-refractivity contribution is 0.402. The molecule has 2 rings (SSSR count). The van der Waals surface area contributed by atoms with E-state index < -0.39 is 11.2 Å². The van der Waals surface area contributed by atoms with E-state index >= 15 is 0 Å². The summed E-state index contributed by atoms with van der Waals surface area (Å²) in [6.07, 6.45) is 0. The standard InChI is InChI=1S/C15H12BrCl2FO2/c1-20-13-4-3-8(17)5-9(13)15(18)10-6-11(16)12(19)7-14(10)21-2/h3-7,15H,1-2H3. The molecule has 0 bridgehead atoms. The highest BCUT2D eigenvalue weighted by atomic mass is 79.9. The normalized spacial score (nSPS) is 12.1. The third kappa shape index (κ3) is 3.44. The second-order valence-corrected chi connectivity index (χ2v) is 5.98. The first kappa shape index (κ1) is 16.4. The summed E-state index contributed by atoms with van der Waals surface area (Å²) in [7, 11) is 3.01. The molecule has 0 aliphatic rings. The molecule has 1 unspecified atom stereocenters. The van der Waals surface area contributed by atoms with E-state index in [2.05, 4.69) is 15.9 Å². The van der Waals surface area contributed by atoms with Gasteiger partial charge in [-0.25, -0.2) is 4.39 Å². The Balaban J connectivity index is 2.56. The van der Waals surface area contributed by atoms with E-state index in [9.17, 15) is 4.39 Å². The van der Waals surface area contributed by atoms with Crippen molar-refractivity contribution in [2.75, 3.05) is 14.2 Å². The van der Waals surface area contributed by atoms with Crippen LogP contribution >= 0.6 is 39.1 Å². The average molecular weight is 394 g/mol. The molecule has 0 amide bonds. The van der Waals surface area contributed by atoms with Crippen molar-refractivity contribution in [2.45, 2.75) is 5.38 Å². The van der Waals surface area contributed by atoms with Crippen LogP contribution in [0, 0.1) is 5.82 Å². The third-order valence-electron chi connectivity index (χ3n) is 3.01. The van der Waals surface area contributed by atoms with Crippen LogP contribution in [-0.2, 0) is 0 Å². The van der Waals surface area contributed by atoms with Crippen LogP contribution in [0.4, 0.5) is 4.39 Å². The van der Waals surface area contributed by atoms with E-state index in [0.29, 0.717) is 32.1 Å². The first-order valence-electron chi connectivity index (χ1n) is 5.98. The highest BCUT2D eigenvalue weighted by Crippen LogP contribution is 2.41. The molecule has 112 valence electrons. The number of benzene rings is 2. The van der Waals surface area contributed by atoms with Crippen LogP contribution in [0.3, 0.4) is 0 Å². The zero-order valence-electron chi connectivity index (χ0n) is 11.3. The summed E-state index contributed by atoms with van der Waals surface area (Å²) >= 11 is 15.7. The van der Waals surface area contributed by atoms with Gasteiger partial charge in [-0.05, 0) is 40.2 Å². The summed E-state index contributed by atoms with van der Waals surface area (Å²) < 4.78 is 24.4. The van der Waals surface area contributed by atoms with Crippen LogP contribution in [0.1, 0.15) is 16.5 Å². The van der Waals surface area contributed by atoms with Gasteiger partial charge in [-0.1, -0.05) is 11.6 Å². The van der Waals surface area contributed by atoms with Gasteiger partial charge in [0, 0.05) is 22.2 Å². The topological polar surface area (TPSA) is 18.5 Å². The summed E-state index contributed by atoms with van der Waals surface area (Å²) in [5.41, 5.74) is 1.30. The van der Waals surface area contributed by atoms with Crippen molar-refractivity contribution in [2.24, 2.45) is 0 Å². The Kier molecular flexibility index (Phi) is 5.36. The van der Waals surface area contributed by atoms with E-state index in [0.717, 1.165) is 0 Å². The molecule has 6 heteroatoms. The number of rotatable bonds is 4. The van der Waals surface area contributed by atoms with Crippen molar-refractivity contribution in [1.29, 1.82) is 0 Å². The monoisotopic (exact) mass is 392 g/mol.